The molecular formula is C15H20ClN3O. The van der Waals surface area contributed by atoms with Crippen LogP contribution in [0.2, 0.25) is 5.02 Å². The van der Waals surface area contributed by atoms with Crippen molar-refractivity contribution in [3.05, 3.63) is 34.3 Å². The normalized spacial score (nSPS) is 26.4. The number of hydrogen-bond donors (Lipinski definition) is 2. The Bertz CT molecular complexity index is 506. The fraction of sp³-hybridized carbons (Fsp3) is 0.533. The van der Waals surface area contributed by atoms with E-state index in [1.807, 2.05) is 6.07 Å². The van der Waals surface area contributed by atoms with Gasteiger partial charge in [0.05, 0.1) is 0 Å². The Hall–Kier alpha value is -1.10. The van der Waals surface area contributed by atoms with E-state index >= 15 is 0 Å². The summed E-state index contributed by atoms with van der Waals surface area (Å²) in [5.74, 6) is 0.335. The topological polar surface area (TPSA) is 58.4 Å². The number of rotatable bonds is 3. The van der Waals surface area contributed by atoms with Crippen molar-refractivity contribution in [1.82, 2.24) is 10.2 Å². The number of piperidine rings is 1. The molecular weight excluding hydrogens is 274 g/mol. The van der Waals surface area contributed by atoms with Crippen molar-refractivity contribution in [3.63, 3.8) is 0 Å². The Morgan fingerprint density at radius 3 is 3.00 bits per heavy atom. The van der Waals surface area contributed by atoms with Gasteiger partial charge in [-0.25, -0.2) is 0 Å². The lowest BCUT2D eigenvalue weighted by Gasteiger charge is -2.24. The molecule has 0 bridgehead atoms. The van der Waals surface area contributed by atoms with E-state index in [0.29, 0.717) is 16.6 Å². The van der Waals surface area contributed by atoms with E-state index in [1.54, 1.807) is 12.1 Å². The van der Waals surface area contributed by atoms with Crippen LogP contribution in [0.25, 0.3) is 0 Å². The number of fused-ring (bicyclic) bond motifs is 1. The molecule has 0 unspecified atom stereocenters. The third kappa shape index (κ3) is 2.82. The minimum Gasteiger partial charge on any atom is -0.366 e. The molecule has 2 fully saturated rings. The molecule has 20 heavy (non-hydrogen) atoms. The standard InChI is InChI=1S/C15H20ClN3O/c16-13-6-10(15(17)20)3-4-11(13)7-19-8-12-2-1-5-18-14(12)9-19/h3-4,6,12,14,18H,1-2,5,7-9H2,(H2,17,20)/t12-,14+/m0/s1. The van der Waals surface area contributed by atoms with Gasteiger partial charge < -0.3 is 11.1 Å². The predicted octanol–water partition coefficient (Wildman–Crippen LogP) is 1.62. The van der Waals surface area contributed by atoms with Crippen LogP contribution in [-0.2, 0) is 6.54 Å². The maximum atomic E-state index is 11.1. The number of carbonyl (C=O) groups excluding carboxylic acids is 1. The van der Waals surface area contributed by atoms with Crippen LogP contribution in [0, 0.1) is 5.92 Å². The molecule has 0 aromatic heterocycles. The molecule has 0 spiro atoms. The minimum atomic E-state index is -0.435. The van der Waals surface area contributed by atoms with Crippen LogP contribution in [0.5, 0.6) is 0 Å². The second kappa shape index (κ2) is 5.72. The van der Waals surface area contributed by atoms with Gasteiger partial charge in [0.2, 0.25) is 5.91 Å². The summed E-state index contributed by atoms with van der Waals surface area (Å²) in [5, 5.41) is 4.23. The largest absolute Gasteiger partial charge is 0.366 e. The van der Waals surface area contributed by atoms with Crippen LogP contribution in [0.15, 0.2) is 18.2 Å². The molecule has 1 aromatic carbocycles. The molecule has 3 N–H and O–H groups in total. The first-order valence-corrected chi connectivity index (χ1v) is 7.55. The summed E-state index contributed by atoms with van der Waals surface area (Å²) in [6.45, 7) is 4.19. The average Bonchev–Trinajstić information content (AvgIpc) is 2.83. The molecule has 2 aliphatic rings. The van der Waals surface area contributed by atoms with Crippen LogP contribution >= 0.6 is 11.6 Å². The zero-order valence-corrected chi connectivity index (χ0v) is 12.2. The zero-order valence-electron chi connectivity index (χ0n) is 11.4. The molecule has 0 aliphatic carbocycles. The van der Waals surface area contributed by atoms with E-state index in [9.17, 15) is 4.79 Å². The Morgan fingerprint density at radius 2 is 2.30 bits per heavy atom. The molecule has 2 saturated heterocycles. The number of halogens is 1. The first kappa shape index (κ1) is 13.9. The summed E-state index contributed by atoms with van der Waals surface area (Å²) in [7, 11) is 0. The lowest BCUT2D eigenvalue weighted by molar-refractivity contribution is 0.100. The number of nitrogens with zero attached hydrogens (tertiary/aromatic N) is 1. The Kier molecular flexibility index (Phi) is 3.96. The first-order valence-electron chi connectivity index (χ1n) is 7.17. The number of nitrogens with two attached hydrogens (primary N) is 1. The second-order valence-electron chi connectivity index (χ2n) is 5.83. The Labute approximate surface area is 124 Å². The first-order chi connectivity index (χ1) is 9.63. The highest BCUT2D eigenvalue weighted by Crippen LogP contribution is 2.27. The smallest absolute Gasteiger partial charge is 0.248 e. The predicted molar refractivity (Wildman–Crippen MR) is 79.8 cm³/mol. The SMILES string of the molecule is NC(=O)c1ccc(CN2C[C@@H]3CCCN[C@@H]3C2)c(Cl)c1. The van der Waals surface area contributed by atoms with Gasteiger partial charge in [-0.2, -0.15) is 0 Å². The second-order valence-corrected chi connectivity index (χ2v) is 6.23. The van der Waals surface area contributed by atoms with E-state index in [1.165, 1.54) is 12.8 Å². The fourth-order valence-corrected chi connectivity index (χ4v) is 3.58. The van der Waals surface area contributed by atoms with E-state index < -0.39 is 5.91 Å². The summed E-state index contributed by atoms with van der Waals surface area (Å²) in [6.07, 6.45) is 2.60. The molecule has 2 atom stereocenters. The van der Waals surface area contributed by atoms with Crippen LogP contribution in [-0.4, -0.2) is 36.5 Å². The summed E-state index contributed by atoms with van der Waals surface area (Å²) >= 11 is 6.25. The molecule has 2 heterocycles. The lowest BCUT2D eigenvalue weighted by Crippen LogP contribution is -2.40. The van der Waals surface area contributed by atoms with Crippen LogP contribution < -0.4 is 11.1 Å². The van der Waals surface area contributed by atoms with Gasteiger partial charge in [0.15, 0.2) is 0 Å². The van der Waals surface area contributed by atoms with Crippen molar-refractivity contribution in [2.24, 2.45) is 11.7 Å². The van der Waals surface area contributed by atoms with E-state index in [-0.39, 0.29) is 0 Å². The molecule has 1 amide bonds. The number of likely N-dealkylation sites (tertiary alicyclic amines) is 1. The van der Waals surface area contributed by atoms with Crippen molar-refractivity contribution in [1.29, 1.82) is 0 Å². The van der Waals surface area contributed by atoms with Crippen molar-refractivity contribution in [2.45, 2.75) is 25.4 Å². The summed E-state index contributed by atoms with van der Waals surface area (Å²) in [5.41, 5.74) is 6.79. The molecule has 5 heteroatoms. The number of hydrogen-bond acceptors (Lipinski definition) is 3. The van der Waals surface area contributed by atoms with E-state index in [4.69, 9.17) is 17.3 Å². The molecule has 3 rings (SSSR count). The number of primary amides is 1. The van der Waals surface area contributed by atoms with Gasteiger partial charge in [-0.05, 0) is 43.0 Å². The van der Waals surface area contributed by atoms with Gasteiger partial charge in [0.1, 0.15) is 0 Å². The lowest BCUT2D eigenvalue weighted by atomic mass is 9.94. The molecule has 0 saturated carbocycles. The van der Waals surface area contributed by atoms with Gasteiger partial charge in [-0.3, -0.25) is 9.69 Å². The van der Waals surface area contributed by atoms with Gasteiger partial charge in [0, 0.05) is 36.3 Å². The molecule has 2 aliphatic heterocycles. The van der Waals surface area contributed by atoms with Crippen molar-refractivity contribution < 1.29 is 4.79 Å². The van der Waals surface area contributed by atoms with Gasteiger partial charge in [-0.15, -0.1) is 0 Å². The highest BCUT2D eigenvalue weighted by Gasteiger charge is 2.34. The van der Waals surface area contributed by atoms with Crippen LogP contribution in [0.4, 0.5) is 0 Å². The number of carbonyl (C=O) groups is 1. The summed E-state index contributed by atoms with van der Waals surface area (Å²) in [4.78, 5) is 13.6. The Balaban J connectivity index is 1.68. The average molecular weight is 294 g/mol. The Morgan fingerprint density at radius 1 is 1.45 bits per heavy atom. The third-order valence-electron chi connectivity index (χ3n) is 4.41. The maximum Gasteiger partial charge on any atom is 0.248 e. The quantitative estimate of drug-likeness (QED) is 0.890. The molecule has 1 aromatic rings. The molecule has 4 nitrogen and oxygen atoms in total. The number of amides is 1. The zero-order chi connectivity index (χ0) is 14.1. The summed E-state index contributed by atoms with van der Waals surface area (Å²) in [6, 6.07) is 5.97. The van der Waals surface area contributed by atoms with Crippen molar-refractivity contribution in [2.75, 3.05) is 19.6 Å². The molecule has 108 valence electrons. The summed E-state index contributed by atoms with van der Waals surface area (Å²) < 4.78 is 0. The molecule has 0 radical (unpaired) electrons. The fourth-order valence-electron chi connectivity index (χ4n) is 3.33. The maximum absolute atomic E-state index is 11.1. The monoisotopic (exact) mass is 293 g/mol. The van der Waals surface area contributed by atoms with Crippen molar-refractivity contribution in [3.8, 4) is 0 Å². The highest BCUT2D eigenvalue weighted by molar-refractivity contribution is 6.31. The van der Waals surface area contributed by atoms with Gasteiger partial charge in [-0.1, -0.05) is 17.7 Å². The van der Waals surface area contributed by atoms with E-state index in [0.717, 1.165) is 37.7 Å². The van der Waals surface area contributed by atoms with Crippen molar-refractivity contribution >= 4 is 17.5 Å². The third-order valence-corrected chi connectivity index (χ3v) is 4.76. The number of benzene rings is 1. The number of nitrogens with one attached hydrogen (secondary N) is 1. The van der Waals surface area contributed by atoms with Gasteiger partial charge >= 0.3 is 0 Å². The highest BCUT2D eigenvalue weighted by atomic mass is 35.5. The van der Waals surface area contributed by atoms with E-state index in [2.05, 4.69) is 10.2 Å². The van der Waals surface area contributed by atoms with Crippen LogP contribution in [0.3, 0.4) is 0 Å². The van der Waals surface area contributed by atoms with Crippen LogP contribution in [0.1, 0.15) is 28.8 Å². The minimum absolute atomic E-state index is 0.435. The van der Waals surface area contributed by atoms with Gasteiger partial charge in [0.25, 0.3) is 0 Å².